The van der Waals surface area contributed by atoms with Gasteiger partial charge in [-0.1, -0.05) is 35.3 Å². The van der Waals surface area contributed by atoms with Crippen molar-refractivity contribution in [2.24, 2.45) is 7.05 Å². The second-order valence-corrected chi connectivity index (χ2v) is 7.68. The number of nitrogens with one attached hydrogen (secondary N) is 1. The van der Waals surface area contributed by atoms with Gasteiger partial charge in [0.2, 0.25) is 5.91 Å². The number of carbonyl (C=O) groups is 1. The maximum absolute atomic E-state index is 12.6. The summed E-state index contributed by atoms with van der Waals surface area (Å²) in [6.07, 6.45) is 4.52. The lowest BCUT2D eigenvalue weighted by Crippen LogP contribution is -2.31. The molecule has 3 aromatic rings. The van der Waals surface area contributed by atoms with Crippen LogP contribution in [0.1, 0.15) is 35.8 Å². The number of halogens is 2. The van der Waals surface area contributed by atoms with Crippen LogP contribution in [0.5, 0.6) is 5.75 Å². The zero-order chi connectivity index (χ0) is 20.8. The predicted octanol–water partition coefficient (Wildman–Crippen LogP) is 5.10. The first-order chi connectivity index (χ1) is 13.9. The molecule has 0 radical (unpaired) electrons. The van der Waals surface area contributed by atoms with E-state index in [2.05, 4.69) is 10.3 Å². The molecule has 152 valence electrons. The minimum Gasteiger partial charge on any atom is -0.493 e. The molecule has 2 aromatic carbocycles. The highest BCUT2D eigenvalue weighted by atomic mass is 35.5. The molecule has 0 saturated carbocycles. The summed E-state index contributed by atoms with van der Waals surface area (Å²) in [6, 6.07) is 12.5. The van der Waals surface area contributed by atoms with Gasteiger partial charge in [-0.05, 0) is 54.8 Å². The van der Waals surface area contributed by atoms with E-state index >= 15 is 0 Å². The third-order valence-corrected chi connectivity index (χ3v) is 5.06. The average molecular weight is 432 g/mol. The minimum absolute atomic E-state index is 0.0654. The highest BCUT2D eigenvalue weighted by Gasteiger charge is 2.20. The summed E-state index contributed by atoms with van der Waals surface area (Å²) in [5.74, 6) is 1.47. The Morgan fingerprint density at radius 2 is 1.90 bits per heavy atom. The summed E-state index contributed by atoms with van der Waals surface area (Å²) >= 11 is 12.0. The van der Waals surface area contributed by atoms with E-state index in [1.165, 1.54) is 0 Å². The van der Waals surface area contributed by atoms with Crippen LogP contribution in [0.2, 0.25) is 10.0 Å². The molecule has 5 nitrogen and oxygen atoms in total. The maximum Gasteiger partial charge on any atom is 0.220 e. The van der Waals surface area contributed by atoms with Crippen LogP contribution in [0.4, 0.5) is 0 Å². The number of ether oxygens (including phenoxy) is 1. The number of amides is 1. The molecule has 0 aliphatic rings. The summed E-state index contributed by atoms with van der Waals surface area (Å²) in [6.45, 7) is 2.39. The first kappa shape index (κ1) is 21.2. The van der Waals surface area contributed by atoms with Crippen molar-refractivity contribution in [1.29, 1.82) is 0 Å². The number of hydrogen-bond acceptors (Lipinski definition) is 3. The van der Waals surface area contributed by atoms with Crippen LogP contribution in [0, 0.1) is 6.92 Å². The summed E-state index contributed by atoms with van der Waals surface area (Å²) in [5.41, 5.74) is 1.89. The second-order valence-electron chi connectivity index (χ2n) is 6.81. The number of carbonyl (C=O) groups excluding carboxylic acids is 1. The summed E-state index contributed by atoms with van der Waals surface area (Å²) in [7, 11) is 1.90. The fraction of sp³-hybridized carbons (Fsp3) is 0.273. The predicted molar refractivity (Wildman–Crippen MR) is 116 cm³/mol. The third kappa shape index (κ3) is 5.75. The zero-order valence-corrected chi connectivity index (χ0v) is 17.9. The lowest BCUT2D eigenvalue weighted by atomic mass is 10.1. The van der Waals surface area contributed by atoms with Crippen molar-refractivity contribution in [1.82, 2.24) is 14.9 Å². The van der Waals surface area contributed by atoms with Crippen molar-refractivity contribution in [3.63, 3.8) is 0 Å². The van der Waals surface area contributed by atoms with E-state index in [4.69, 9.17) is 27.9 Å². The number of nitrogens with zero attached hydrogens (tertiary/aromatic N) is 2. The van der Waals surface area contributed by atoms with Gasteiger partial charge in [0, 0.05) is 35.9 Å². The molecule has 0 aliphatic carbocycles. The molecule has 1 atom stereocenters. The van der Waals surface area contributed by atoms with Crippen LogP contribution in [0.15, 0.2) is 54.9 Å². The lowest BCUT2D eigenvalue weighted by Gasteiger charge is -2.19. The molecule has 1 heterocycles. The SMILES string of the molecule is Cc1cc(Cl)ccc1OCCCC(=O)NC(c1ccc(Cl)cc1)c1nccn1C. The zero-order valence-electron chi connectivity index (χ0n) is 16.4. The molecule has 29 heavy (non-hydrogen) atoms. The van der Waals surface area contributed by atoms with Crippen molar-refractivity contribution >= 4 is 29.1 Å². The number of hydrogen-bond donors (Lipinski definition) is 1. The molecule has 0 spiro atoms. The van der Waals surface area contributed by atoms with E-state index in [0.717, 1.165) is 22.7 Å². The van der Waals surface area contributed by atoms with Crippen LogP contribution < -0.4 is 10.1 Å². The Morgan fingerprint density at radius 1 is 1.17 bits per heavy atom. The van der Waals surface area contributed by atoms with Gasteiger partial charge < -0.3 is 14.6 Å². The van der Waals surface area contributed by atoms with Crippen molar-refractivity contribution < 1.29 is 9.53 Å². The summed E-state index contributed by atoms with van der Waals surface area (Å²) in [4.78, 5) is 17.0. The molecule has 0 aliphatic heterocycles. The molecular formula is C22H23Cl2N3O2. The van der Waals surface area contributed by atoms with Gasteiger partial charge in [-0.25, -0.2) is 4.98 Å². The highest BCUT2D eigenvalue weighted by Crippen LogP contribution is 2.23. The monoisotopic (exact) mass is 431 g/mol. The van der Waals surface area contributed by atoms with Crippen LogP contribution >= 0.6 is 23.2 Å². The number of aryl methyl sites for hydroxylation is 2. The first-order valence-electron chi connectivity index (χ1n) is 9.35. The van der Waals surface area contributed by atoms with Gasteiger partial charge in [0.1, 0.15) is 17.6 Å². The van der Waals surface area contributed by atoms with Gasteiger partial charge in [0.25, 0.3) is 0 Å². The molecule has 0 bridgehead atoms. The molecular weight excluding hydrogens is 409 g/mol. The van der Waals surface area contributed by atoms with E-state index in [0.29, 0.717) is 29.5 Å². The molecule has 7 heteroatoms. The molecule has 1 N–H and O–H groups in total. The summed E-state index contributed by atoms with van der Waals surface area (Å²) < 4.78 is 7.66. The number of rotatable bonds is 8. The van der Waals surface area contributed by atoms with Crippen molar-refractivity contribution in [2.75, 3.05) is 6.61 Å². The van der Waals surface area contributed by atoms with E-state index in [1.54, 1.807) is 24.4 Å². The maximum atomic E-state index is 12.6. The van der Waals surface area contributed by atoms with Gasteiger partial charge in [0.15, 0.2) is 0 Å². The Balaban J connectivity index is 1.58. The molecule has 1 amide bonds. The van der Waals surface area contributed by atoms with Crippen LogP contribution in [0.25, 0.3) is 0 Å². The molecule has 0 fully saturated rings. The lowest BCUT2D eigenvalue weighted by molar-refractivity contribution is -0.121. The topological polar surface area (TPSA) is 56.1 Å². The number of aromatic nitrogens is 2. The van der Waals surface area contributed by atoms with E-state index in [-0.39, 0.29) is 11.9 Å². The molecule has 1 aromatic heterocycles. The Morgan fingerprint density at radius 3 is 2.55 bits per heavy atom. The van der Waals surface area contributed by atoms with Crippen LogP contribution in [0.3, 0.4) is 0 Å². The Kier molecular flexibility index (Phi) is 7.18. The number of imidazole rings is 1. The van der Waals surface area contributed by atoms with Gasteiger partial charge >= 0.3 is 0 Å². The van der Waals surface area contributed by atoms with Gasteiger partial charge in [-0.3, -0.25) is 4.79 Å². The van der Waals surface area contributed by atoms with Crippen LogP contribution in [-0.4, -0.2) is 22.1 Å². The van der Waals surface area contributed by atoms with Crippen LogP contribution in [-0.2, 0) is 11.8 Å². The minimum atomic E-state index is -0.348. The van der Waals surface area contributed by atoms with E-state index in [1.807, 2.05) is 49.0 Å². The smallest absolute Gasteiger partial charge is 0.220 e. The van der Waals surface area contributed by atoms with Gasteiger partial charge in [0.05, 0.1) is 6.61 Å². The highest BCUT2D eigenvalue weighted by molar-refractivity contribution is 6.30. The van der Waals surface area contributed by atoms with Gasteiger partial charge in [-0.15, -0.1) is 0 Å². The fourth-order valence-electron chi connectivity index (χ4n) is 3.03. The Hall–Kier alpha value is -2.50. The van der Waals surface area contributed by atoms with Crippen molar-refractivity contribution in [3.05, 3.63) is 81.9 Å². The Bertz CT molecular complexity index is 970. The second kappa shape index (κ2) is 9.81. The normalized spacial score (nSPS) is 11.9. The quantitative estimate of drug-likeness (QED) is 0.504. The van der Waals surface area contributed by atoms with Crippen molar-refractivity contribution in [2.45, 2.75) is 25.8 Å². The largest absolute Gasteiger partial charge is 0.493 e. The van der Waals surface area contributed by atoms with Gasteiger partial charge in [-0.2, -0.15) is 0 Å². The van der Waals surface area contributed by atoms with E-state index in [9.17, 15) is 4.79 Å². The fourth-order valence-corrected chi connectivity index (χ4v) is 3.38. The first-order valence-corrected chi connectivity index (χ1v) is 10.1. The summed E-state index contributed by atoms with van der Waals surface area (Å²) in [5, 5.41) is 4.40. The molecule has 0 saturated heterocycles. The molecule has 1 unspecified atom stereocenters. The standard InChI is InChI=1S/C22H23Cl2N3O2/c1-15-14-18(24)9-10-19(15)29-13-3-4-20(28)26-21(22-25-11-12-27(22)2)16-5-7-17(23)8-6-16/h5-12,14,21H,3-4,13H2,1-2H3,(H,26,28). The number of benzene rings is 2. The Labute approximate surface area is 180 Å². The van der Waals surface area contributed by atoms with Crippen molar-refractivity contribution in [3.8, 4) is 5.75 Å². The third-order valence-electron chi connectivity index (χ3n) is 4.57. The molecule has 3 rings (SSSR count). The van der Waals surface area contributed by atoms with E-state index < -0.39 is 0 Å². The average Bonchev–Trinajstić information content (AvgIpc) is 3.11.